The Labute approximate surface area is 103 Å². The van der Waals surface area contributed by atoms with Crippen LogP contribution in [0, 0.1) is 5.41 Å². The molecule has 1 heterocycles. The van der Waals surface area contributed by atoms with Crippen molar-refractivity contribution in [3.8, 4) is 0 Å². The molecule has 0 saturated heterocycles. The number of rotatable bonds is 4. The molecule has 0 bridgehead atoms. The van der Waals surface area contributed by atoms with Gasteiger partial charge in [0.1, 0.15) is 0 Å². The van der Waals surface area contributed by atoms with Crippen molar-refractivity contribution in [2.24, 2.45) is 11.1 Å². The molecule has 0 spiro atoms. The summed E-state index contributed by atoms with van der Waals surface area (Å²) >= 11 is 0. The second-order valence-corrected chi connectivity index (χ2v) is 5.96. The molecular weight excluding hydrogens is 210 g/mol. The van der Waals surface area contributed by atoms with E-state index in [1.165, 1.54) is 50.6 Å². The van der Waals surface area contributed by atoms with Crippen LogP contribution in [0.2, 0.25) is 0 Å². The number of hydrogen-bond acceptors (Lipinski definition) is 2. The molecule has 2 fully saturated rings. The van der Waals surface area contributed by atoms with Gasteiger partial charge >= 0.3 is 0 Å². The standard InChI is InChI=1S/C14H23N3/c15-11-14(7-8-14)10-12-6-9-17(16-12)13-4-2-1-3-5-13/h6,9,13H,1-5,7-8,10-11,15H2. The van der Waals surface area contributed by atoms with Crippen molar-refractivity contribution in [2.45, 2.75) is 57.4 Å². The van der Waals surface area contributed by atoms with E-state index in [9.17, 15) is 0 Å². The van der Waals surface area contributed by atoms with Gasteiger partial charge < -0.3 is 5.73 Å². The van der Waals surface area contributed by atoms with E-state index in [4.69, 9.17) is 10.8 Å². The van der Waals surface area contributed by atoms with Gasteiger partial charge in [-0.25, -0.2) is 0 Å². The summed E-state index contributed by atoms with van der Waals surface area (Å²) in [6.07, 6.45) is 12.6. The van der Waals surface area contributed by atoms with E-state index < -0.39 is 0 Å². The fourth-order valence-electron chi connectivity index (χ4n) is 3.03. The Hall–Kier alpha value is -0.830. The van der Waals surface area contributed by atoms with Crippen LogP contribution < -0.4 is 5.73 Å². The molecule has 2 aliphatic carbocycles. The molecule has 0 amide bonds. The van der Waals surface area contributed by atoms with Crippen molar-refractivity contribution in [3.05, 3.63) is 18.0 Å². The third kappa shape index (κ3) is 2.39. The fraction of sp³-hybridized carbons (Fsp3) is 0.786. The molecule has 2 aliphatic rings. The smallest absolute Gasteiger partial charge is 0.0630 e. The SMILES string of the molecule is NCC1(Cc2ccn(C3CCCCC3)n2)CC1. The summed E-state index contributed by atoms with van der Waals surface area (Å²) in [5.74, 6) is 0. The van der Waals surface area contributed by atoms with E-state index in [0.717, 1.165) is 13.0 Å². The van der Waals surface area contributed by atoms with Gasteiger partial charge in [-0.2, -0.15) is 5.10 Å². The molecule has 2 N–H and O–H groups in total. The lowest BCUT2D eigenvalue weighted by Crippen LogP contribution is -2.19. The van der Waals surface area contributed by atoms with Gasteiger partial charge in [-0.3, -0.25) is 4.68 Å². The molecule has 0 aliphatic heterocycles. The Balaban J connectivity index is 1.65. The van der Waals surface area contributed by atoms with Crippen LogP contribution >= 0.6 is 0 Å². The quantitative estimate of drug-likeness (QED) is 0.869. The van der Waals surface area contributed by atoms with Crippen molar-refractivity contribution >= 4 is 0 Å². The Bertz CT molecular complexity index is 373. The molecule has 3 heteroatoms. The molecule has 3 nitrogen and oxygen atoms in total. The molecule has 0 atom stereocenters. The zero-order valence-electron chi connectivity index (χ0n) is 10.6. The van der Waals surface area contributed by atoms with Crippen LogP contribution in [0.1, 0.15) is 56.7 Å². The highest BCUT2D eigenvalue weighted by molar-refractivity contribution is 5.09. The van der Waals surface area contributed by atoms with Crippen LogP contribution in [0.4, 0.5) is 0 Å². The summed E-state index contributed by atoms with van der Waals surface area (Å²) in [6, 6.07) is 2.86. The minimum atomic E-state index is 0.408. The van der Waals surface area contributed by atoms with Gasteiger partial charge in [0.2, 0.25) is 0 Å². The summed E-state index contributed by atoms with van der Waals surface area (Å²) in [4.78, 5) is 0. The lowest BCUT2D eigenvalue weighted by atomic mass is 9.96. The average molecular weight is 233 g/mol. The van der Waals surface area contributed by atoms with Gasteiger partial charge in [0.05, 0.1) is 11.7 Å². The third-order valence-electron chi connectivity index (χ3n) is 4.56. The van der Waals surface area contributed by atoms with Gasteiger partial charge in [0.15, 0.2) is 0 Å². The molecule has 1 aromatic heterocycles. The van der Waals surface area contributed by atoms with Gasteiger partial charge in [-0.05, 0) is 50.1 Å². The number of hydrogen-bond donors (Lipinski definition) is 1. The number of nitrogens with two attached hydrogens (primary N) is 1. The highest BCUT2D eigenvalue weighted by atomic mass is 15.3. The molecule has 0 aromatic carbocycles. The fourth-order valence-corrected chi connectivity index (χ4v) is 3.03. The van der Waals surface area contributed by atoms with Crippen molar-refractivity contribution in [1.29, 1.82) is 0 Å². The predicted molar refractivity (Wildman–Crippen MR) is 68.8 cm³/mol. The minimum Gasteiger partial charge on any atom is -0.330 e. The van der Waals surface area contributed by atoms with Crippen LogP contribution in [0.3, 0.4) is 0 Å². The Morgan fingerprint density at radius 2 is 2.06 bits per heavy atom. The van der Waals surface area contributed by atoms with Crippen LogP contribution in [0.25, 0.3) is 0 Å². The average Bonchev–Trinajstić information content (AvgIpc) is 3.00. The second-order valence-electron chi connectivity index (χ2n) is 5.96. The van der Waals surface area contributed by atoms with Crippen molar-refractivity contribution in [3.63, 3.8) is 0 Å². The zero-order valence-corrected chi connectivity index (χ0v) is 10.6. The van der Waals surface area contributed by atoms with Gasteiger partial charge in [-0.15, -0.1) is 0 Å². The number of nitrogens with zero attached hydrogens (tertiary/aromatic N) is 2. The minimum absolute atomic E-state index is 0.408. The first kappa shape index (κ1) is 11.3. The van der Waals surface area contributed by atoms with Crippen molar-refractivity contribution in [2.75, 3.05) is 6.54 Å². The molecule has 0 radical (unpaired) electrons. The molecule has 17 heavy (non-hydrogen) atoms. The molecule has 2 saturated carbocycles. The highest BCUT2D eigenvalue weighted by Gasteiger charge is 2.41. The summed E-state index contributed by atoms with van der Waals surface area (Å²) in [6.45, 7) is 0.823. The maximum Gasteiger partial charge on any atom is 0.0630 e. The maximum absolute atomic E-state index is 5.83. The topological polar surface area (TPSA) is 43.8 Å². The summed E-state index contributed by atoms with van der Waals surface area (Å²) in [7, 11) is 0. The summed E-state index contributed by atoms with van der Waals surface area (Å²) < 4.78 is 2.21. The van der Waals surface area contributed by atoms with Crippen molar-refractivity contribution in [1.82, 2.24) is 9.78 Å². The van der Waals surface area contributed by atoms with Gasteiger partial charge in [-0.1, -0.05) is 19.3 Å². The second kappa shape index (κ2) is 4.45. The molecule has 3 rings (SSSR count). The first-order chi connectivity index (χ1) is 8.31. The lowest BCUT2D eigenvalue weighted by Gasteiger charge is -2.21. The van der Waals surface area contributed by atoms with Crippen molar-refractivity contribution < 1.29 is 0 Å². The van der Waals surface area contributed by atoms with Crippen LogP contribution in [0.15, 0.2) is 12.3 Å². The van der Waals surface area contributed by atoms with Crippen LogP contribution in [-0.4, -0.2) is 16.3 Å². The van der Waals surface area contributed by atoms with E-state index >= 15 is 0 Å². The van der Waals surface area contributed by atoms with E-state index in [-0.39, 0.29) is 0 Å². The Morgan fingerprint density at radius 1 is 1.29 bits per heavy atom. The summed E-state index contributed by atoms with van der Waals surface area (Å²) in [5.41, 5.74) is 7.49. The van der Waals surface area contributed by atoms with Crippen LogP contribution in [-0.2, 0) is 6.42 Å². The third-order valence-corrected chi connectivity index (χ3v) is 4.56. The normalized spacial score (nSPS) is 23.8. The Morgan fingerprint density at radius 3 is 2.71 bits per heavy atom. The first-order valence-electron chi connectivity index (χ1n) is 7.05. The van der Waals surface area contributed by atoms with Gasteiger partial charge in [0, 0.05) is 6.20 Å². The lowest BCUT2D eigenvalue weighted by molar-refractivity contribution is 0.327. The van der Waals surface area contributed by atoms with Gasteiger partial charge in [0.25, 0.3) is 0 Å². The molecule has 0 unspecified atom stereocenters. The monoisotopic (exact) mass is 233 g/mol. The molecular formula is C14H23N3. The van der Waals surface area contributed by atoms with Crippen LogP contribution in [0.5, 0.6) is 0 Å². The van der Waals surface area contributed by atoms with E-state index in [2.05, 4.69) is 16.9 Å². The zero-order chi connectivity index (χ0) is 11.7. The number of aromatic nitrogens is 2. The van der Waals surface area contributed by atoms with E-state index in [1.54, 1.807) is 0 Å². The predicted octanol–water partition coefficient (Wildman–Crippen LogP) is 2.67. The van der Waals surface area contributed by atoms with E-state index in [0.29, 0.717) is 11.5 Å². The van der Waals surface area contributed by atoms with E-state index in [1.807, 2.05) is 0 Å². The maximum atomic E-state index is 5.83. The highest BCUT2D eigenvalue weighted by Crippen LogP contribution is 2.47. The largest absolute Gasteiger partial charge is 0.330 e. The summed E-state index contributed by atoms with van der Waals surface area (Å²) in [5, 5.41) is 4.77. The molecule has 94 valence electrons. The molecule has 1 aromatic rings. The first-order valence-corrected chi connectivity index (χ1v) is 7.05. The Kier molecular flexibility index (Phi) is 2.95.